The third kappa shape index (κ3) is 4.71. The minimum Gasteiger partial charge on any atom is -0.493 e. The summed E-state index contributed by atoms with van der Waals surface area (Å²) in [6.45, 7) is 4.61. The van der Waals surface area contributed by atoms with Gasteiger partial charge >= 0.3 is 0 Å². The van der Waals surface area contributed by atoms with Crippen LogP contribution in [0.4, 0.5) is 0 Å². The predicted octanol–water partition coefficient (Wildman–Crippen LogP) is 0.679. The molecule has 0 aromatic heterocycles. The van der Waals surface area contributed by atoms with Crippen LogP contribution in [0.5, 0.6) is 5.75 Å². The Kier molecular flexibility index (Phi) is 5.42. The molecule has 1 saturated heterocycles. The monoisotopic (exact) mass is 326 g/mol. The van der Waals surface area contributed by atoms with E-state index in [0.29, 0.717) is 18.2 Å². The Morgan fingerprint density at radius 3 is 2.64 bits per heavy atom. The highest BCUT2D eigenvalue weighted by atomic mass is 32.2. The molecule has 1 atom stereocenters. The summed E-state index contributed by atoms with van der Waals surface area (Å²) in [6, 6.07) is 6.54. The summed E-state index contributed by atoms with van der Waals surface area (Å²) in [7, 11) is -3.20. The number of carbonyl (C=O) groups is 1. The summed E-state index contributed by atoms with van der Waals surface area (Å²) in [6.07, 6.45) is 1.48. The first-order valence-electron chi connectivity index (χ1n) is 7.30. The molecular weight excluding hydrogens is 304 g/mol. The lowest BCUT2D eigenvalue weighted by Crippen LogP contribution is -2.51. The van der Waals surface area contributed by atoms with E-state index < -0.39 is 9.84 Å². The van der Waals surface area contributed by atoms with Crippen molar-refractivity contribution in [3.8, 4) is 5.75 Å². The van der Waals surface area contributed by atoms with Gasteiger partial charge in [0.1, 0.15) is 5.75 Å². The van der Waals surface area contributed by atoms with Crippen molar-refractivity contribution in [2.45, 2.75) is 24.3 Å². The molecule has 1 N–H and O–H groups in total. The number of piperazine rings is 1. The van der Waals surface area contributed by atoms with Gasteiger partial charge in [-0.15, -0.1) is 0 Å². The minimum absolute atomic E-state index is 0.0844. The number of carbonyl (C=O) groups excluding carboxylic acids is 1. The average Bonchev–Trinajstić information content (AvgIpc) is 2.47. The molecule has 0 radical (unpaired) electrons. The van der Waals surface area contributed by atoms with E-state index in [0.717, 1.165) is 25.9 Å². The molecular formula is C15H22N2O4S. The van der Waals surface area contributed by atoms with Crippen molar-refractivity contribution < 1.29 is 17.9 Å². The molecule has 1 heterocycles. The molecule has 0 bridgehead atoms. The molecule has 122 valence electrons. The summed E-state index contributed by atoms with van der Waals surface area (Å²) in [4.78, 5) is 14.2. The first kappa shape index (κ1) is 16.8. The van der Waals surface area contributed by atoms with Gasteiger partial charge in [0.25, 0.3) is 0 Å². The second-order valence-electron chi connectivity index (χ2n) is 5.54. The van der Waals surface area contributed by atoms with Crippen LogP contribution in [0.15, 0.2) is 29.2 Å². The molecule has 1 aliphatic rings. The molecule has 1 fully saturated rings. The summed E-state index contributed by atoms with van der Waals surface area (Å²) in [5.41, 5.74) is 0. The van der Waals surface area contributed by atoms with Crippen molar-refractivity contribution in [3.05, 3.63) is 24.3 Å². The smallest absolute Gasteiger partial charge is 0.226 e. The van der Waals surface area contributed by atoms with Gasteiger partial charge < -0.3 is 15.0 Å². The molecule has 1 aliphatic heterocycles. The van der Waals surface area contributed by atoms with Crippen molar-refractivity contribution in [1.29, 1.82) is 0 Å². The predicted molar refractivity (Wildman–Crippen MR) is 83.7 cm³/mol. The van der Waals surface area contributed by atoms with E-state index in [1.165, 1.54) is 12.1 Å². The quantitative estimate of drug-likeness (QED) is 0.861. The van der Waals surface area contributed by atoms with Crippen LogP contribution in [0.2, 0.25) is 0 Å². The van der Waals surface area contributed by atoms with Gasteiger partial charge in [-0.05, 0) is 31.2 Å². The molecule has 0 aliphatic carbocycles. The minimum atomic E-state index is -3.20. The molecule has 7 heteroatoms. The Bertz CT molecular complexity index is 613. The van der Waals surface area contributed by atoms with Gasteiger partial charge in [-0.2, -0.15) is 0 Å². The van der Waals surface area contributed by atoms with Gasteiger partial charge in [0, 0.05) is 31.9 Å². The Hall–Kier alpha value is -1.60. The zero-order chi connectivity index (χ0) is 16.2. The third-order valence-corrected chi connectivity index (χ3v) is 4.69. The van der Waals surface area contributed by atoms with Gasteiger partial charge in [0.15, 0.2) is 9.84 Å². The Morgan fingerprint density at radius 1 is 1.36 bits per heavy atom. The van der Waals surface area contributed by atoms with Crippen LogP contribution in [0.25, 0.3) is 0 Å². The molecule has 6 nitrogen and oxygen atoms in total. The zero-order valence-electron chi connectivity index (χ0n) is 12.9. The molecule has 1 amide bonds. The second kappa shape index (κ2) is 7.11. The van der Waals surface area contributed by atoms with Gasteiger partial charge in [0.2, 0.25) is 5.91 Å². The highest BCUT2D eigenvalue weighted by Gasteiger charge is 2.20. The lowest BCUT2D eigenvalue weighted by molar-refractivity contribution is -0.132. The number of rotatable bonds is 5. The molecule has 1 unspecified atom stereocenters. The first-order chi connectivity index (χ1) is 10.4. The number of amides is 1. The normalized spacial score (nSPS) is 19.0. The summed E-state index contributed by atoms with van der Waals surface area (Å²) in [5.74, 6) is 0.648. The number of hydrogen-bond donors (Lipinski definition) is 1. The van der Waals surface area contributed by atoms with Crippen LogP contribution >= 0.6 is 0 Å². The van der Waals surface area contributed by atoms with E-state index in [2.05, 4.69) is 12.2 Å². The topological polar surface area (TPSA) is 75.7 Å². The van der Waals surface area contributed by atoms with Crippen LogP contribution in [-0.4, -0.2) is 57.8 Å². The number of nitrogens with zero attached hydrogens (tertiary/aromatic N) is 1. The SMILES string of the molecule is CC1CN(C(=O)CCOc2ccc(S(C)(=O)=O)cc2)CCN1. The van der Waals surface area contributed by atoms with E-state index in [1.54, 1.807) is 12.1 Å². The maximum atomic E-state index is 12.1. The number of nitrogens with one attached hydrogen (secondary N) is 1. The molecule has 2 rings (SSSR count). The van der Waals surface area contributed by atoms with Crippen molar-refractivity contribution in [2.24, 2.45) is 0 Å². The largest absolute Gasteiger partial charge is 0.493 e. The first-order valence-corrected chi connectivity index (χ1v) is 9.19. The number of sulfone groups is 1. The fourth-order valence-electron chi connectivity index (χ4n) is 2.36. The van der Waals surface area contributed by atoms with Crippen LogP contribution in [-0.2, 0) is 14.6 Å². The van der Waals surface area contributed by atoms with E-state index in [-0.39, 0.29) is 17.4 Å². The molecule has 0 saturated carbocycles. The second-order valence-corrected chi connectivity index (χ2v) is 7.55. The highest BCUT2D eigenvalue weighted by Crippen LogP contribution is 2.16. The van der Waals surface area contributed by atoms with Gasteiger partial charge in [-0.1, -0.05) is 0 Å². The third-order valence-electron chi connectivity index (χ3n) is 3.56. The summed E-state index contributed by atoms with van der Waals surface area (Å²) >= 11 is 0. The summed E-state index contributed by atoms with van der Waals surface area (Å²) < 4.78 is 28.2. The Morgan fingerprint density at radius 2 is 2.05 bits per heavy atom. The van der Waals surface area contributed by atoms with Gasteiger partial charge in [0.05, 0.1) is 17.9 Å². The highest BCUT2D eigenvalue weighted by molar-refractivity contribution is 7.90. The van der Waals surface area contributed by atoms with Gasteiger partial charge in [-0.3, -0.25) is 4.79 Å². The number of benzene rings is 1. The van der Waals surface area contributed by atoms with E-state index in [4.69, 9.17) is 4.74 Å². The van der Waals surface area contributed by atoms with Crippen molar-refractivity contribution in [2.75, 3.05) is 32.5 Å². The van der Waals surface area contributed by atoms with Crippen LogP contribution in [0.1, 0.15) is 13.3 Å². The fraction of sp³-hybridized carbons (Fsp3) is 0.533. The Labute approximate surface area is 131 Å². The standard InChI is InChI=1S/C15H22N2O4S/c1-12-11-17(9-8-16-12)15(18)7-10-21-13-3-5-14(6-4-13)22(2,19)20/h3-6,12,16H,7-11H2,1-2H3. The maximum absolute atomic E-state index is 12.1. The lowest BCUT2D eigenvalue weighted by atomic mass is 10.2. The molecule has 1 aromatic rings. The van der Waals surface area contributed by atoms with E-state index in [1.807, 2.05) is 4.90 Å². The molecule has 1 aromatic carbocycles. The fourth-order valence-corrected chi connectivity index (χ4v) is 2.99. The van der Waals surface area contributed by atoms with Crippen molar-refractivity contribution >= 4 is 15.7 Å². The van der Waals surface area contributed by atoms with Crippen molar-refractivity contribution in [3.63, 3.8) is 0 Å². The number of ether oxygens (including phenoxy) is 1. The van der Waals surface area contributed by atoms with Gasteiger partial charge in [-0.25, -0.2) is 8.42 Å². The van der Waals surface area contributed by atoms with Crippen molar-refractivity contribution in [1.82, 2.24) is 10.2 Å². The number of hydrogen-bond acceptors (Lipinski definition) is 5. The van der Waals surface area contributed by atoms with Crippen LogP contribution in [0.3, 0.4) is 0 Å². The van der Waals surface area contributed by atoms with E-state index >= 15 is 0 Å². The van der Waals surface area contributed by atoms with Crippen LogP contribution in [0, 0.1) is 0 Å². The van der Waals surface area contributed by atoms with Crippen LogP contribution < -0.4 is 10.1 Å². The summed E-state index contributed by atoms with van der Waals surface area (Å²) in [5, 5.41) is 3.29. The Balaban J connectivity index is 1.80. The average molecular weight is 326 g/mol. The van der Waals surface area contributed by atoms with E-state index in [9.17, 15) is 13.2 Å². The molecule has 0 spiro atoms. The zero-order valence-corrected chi connectivity index (χ0v) is 13.7. The lowest BCUT2D eigenvalue weighted by Gasteiger charge is -2.31. The molecule has 22 heavy (non-hydrogen) atoms. The maximum Gasteiger partial charge on any atom is 0.226 e.